The molecule has 0 spiro atoms. The van der Waals surface area contributed by atoms with Crippen LogP contribution in [0.4, 0.5) is 14.5 Å². The molecule has 0 atom stereocenters. The summed E-state index contributed by atoms with van der Waals surface area (Å²) in [6.07, 6.45) is 0. The summed E-state index contributed by atoms with van der Waals surface area (Å²) in [5.41, 5.74) is 2.52. The molecule has 5 heteroatoms. The SMILES string of the molecule is Fc1ccc(NCc2ccc(OCc3cccc(F)c3)c(Cl)c2)cc1. The van der Waals surface area contributed by atoms with Gasteiger partial charge in [-0.1, -0.05) is 29.8 Å². The van der Waals surface area contributed by atoms with Gasteiger partial charge in [0.1, 0.15) is 24.0 Å². The van der Waals surface area contributed by atoms with E-state index in [1.807, 2.05) is 6.07 Å². The Kier molecular flexibility index (Phi) is 5.51. The molecule has 0 unspecified atom stereocenters. The van der Waals surface area contributed by atoms with Crippen molar-refractivity contribution in [2.45, 2.75) is 13.2 Å². The Morgan fingerprint density at radius 3 is 2.36 bits per heavy atom. The molecule has 0 fully saturated rings. The van der Waals surface area contributed by atoms with Crippen LogP contribution in [0.2, 0.25) is 5.02 Å². The normalized spacial score (nSPS) is 10.5. The van der Waals surface area contributed by atoms with Crippen molar-refractivity contribution < 1.29 is 13.5 Å². The van der Waals surface area contributed by atoms with Crippen LogP contribution in [0, 0.1) is 11.6 Å². The molecule has 0 amide bonds. The van der Waals surface area contributed by atoms with Gasteiger partial charge in [-0.05, 0) is 59.7 Å². The molecule has 0 aliphatic carbocycles. The van der Waals surface area contributed by atoms with E-state index in [9.17, 15) is 8.78 Å². The lowest BCUT2D eigenvalue weighted by Gasteiger charge is -2.11. The highest BCUT2D eigenvalue weighted by Gasteiger charge is 2.05. The molecule has 128 valence electrons. The van der Waals surface area contributed by atoms with Crippen LogP contribution in [0.25, 0.3) is 0 Å². The van der Waals surface area contributed by atoms with Crippen molar-refractivity contribution >= 4 is 17.3 Å². The van der Waals surface area contributed by atoms with Crippen LogP contribution in [0.3, 0.4) is 0 Å². The monoisotopic (exact) mass is 359 g/mol. The van der Waals surface area contributed by atoms with E-state index in [0.29, 0.717) is 17.3 Å². The summed E-state index contributed by atoms with van der Waals surface area (Å²) in [7, 11) is 0. The minimum absolute atomic E-state index is 0.241. The van der Waals surface area contributed by atoms with E-state index in [0.717, 1.165) is 16.8 Å². The van der Waals surface area contributed by atoms with Crippen molar-refractivity contribution in [2.75, 3.05) is 5.32 Å². The van der Waals surface area contributed by atoms with E-state index in [1.165, 1.54) is 24.3 Å². The summed E-state index contributed by atoms with van der Waals surface area (Å²) in [6.45, 7) is 0.792. The molecule has 1 N–H and O–H groups in total. The Bertz CT molecular complexity index is 853. The number of halogens is 3. The van der Waals surface area contributed by atoms with E-state index in [4.69, 9.17) is 16.3 Å². The summed E-state index contributed by atoms with van der Waals surface area (Å²) < 4.78 is 31.7. The van der Waals surface area contributed by atoms with Gasteiger partial charge in [-0.3, -0.25) is 0 Å². The van der Waals surface area contributed by atoms with Crippen molar-refractivity contribution in [3.63, 3.8) is 0 Å². The highest BCUT2D eigenvalue weighted by molar-refractivity contribution is 6.32. The molecule has 0 aliphatic heterocycles. The maximum Gasteiger partial charge on any atom is 0.138 e. The molecule has 25 heavy (non-hydrogen) atoms. The number of nitrogens with one attached hydrogen (secondary N) is 1. The summed E-state index contributed by atoms with van der Waals surface area (Å²) in [6, 6.07) is 17.9. The largest absolute Gasteiger partial charge is 0.487 e. The summed E-state index contributed by atoms with van der Waals surface area (Å²) >= 11 is 6.25. The van der Waals surface area contributed by atoms with Crippen molar-refractivity contribution in [3.8, 4) is 5.75 Å². The van der Waals surface area contributed by atoms with Crippen molar-refractivity contribution in [3.05, 3.63) is 94.5 Å². The first-order valence-electron chi connectivity index (χ1n) is 7.75. The standard InChI is InChI=1S/C20H16ClF2NO/c21-19-11-14(12-24-18-7-5-16(22)6-8-18)4-9-20(19)25-13-15-2-1-3-17(23)10-15/h1-11,24H,12-13H2. The van der Waals surface area contributed by atoms with Gasteiger partial charge in [0, 0.05) is 12.2 Å². The zero-order valence-corrected chi connectivity index (χ0v) is 14.1. The number of benzene rings is 3. The number of hydrogen-bond donors (Lipinski definition) is 1. The quantitative estimate of drug-likeness (QED) is 0.599. The van der Waals surface area contributed by atoms with Gasteiger partial charge in [-0.2, -0.15) is 0 Å². The van der Waals surface area contributed by atoms with E-state index >= 15 is 0 Å². The topological polar surface area (TPSA) is 21.3 Å². The molecular formula is C20H16ClF2NO. The van der Waals surface area contributed by atoms with Crippen LogP contribution in [0.15, 0.2) is 66.7 Å². The lowest BCUT2D eigenvalue weighted by molar-refractivity contribution is 0.305. The second kappa shape index (κ2) is 7.99. The van der Waals surface area contributed by atoms with E-state index < -0.39 is 0 Å². The third-order valence-corrected chi connectivity index (χ3v) is 3.92. The van der Waals surface area contributed by atoms with Crippen molar-refractivity contribution in [1.82, 2.24) is 0 Å². The van der Waals surface area contributed by atoms with Gasteiger partial charge in [0.25, 0.3) is 0 Å². The van der Waals surface area contributed by atoms with E-state index in [-0.39, 0.29) is 18.2 Å². The highest BCUT2D eigenvalue weighted by Crippen LogP contribution is 2.27. The fraction of sp³-hybridized carbons (Fsp3) is 0.100. The second-order valence-electron chi connectivity index (χ2n) is 5.54. The molecule has 0 heterocycles. The molecular weight excluding hydrogens is 344 g/mol. The molecule has 3 aromatic carbocycles. The van der Waals surface area contributed by atoms with Crippen molar-refractivity contribution in [1.29, 1.82) is 0 Å². The Morgan fingerprint density at radius 1 is 0.840 bits per heavy atom. The molecule has 0 radical (unpaired) electrons. The van der Waals surface area contributed by atoms with Gasteiger partial charge in [0.05, 0.1) is 5.02 Å². The Labute approximate surface area is 150 Å². The fourth-order valence-electron chi connectivity index (χ4n) is 2.33. The maximum absolute atomic E-state index is 13.2. The predicted octanol–water partition coefficient (Wildman–Crippen LogP) is 5.81. The van der Waals surface area contributed by atoms with Gasteiger partial charge < -0.3 is 10.1 Å². The Morgan fingerprint density at radius 2 is 1.64 bits per heavy atom. The third kappa shape index (κ3) is 4.94. The smallest absolute Gasteiger partial charge is 0.138 e. The molecule has 3 aromatic rings. The van der Waals surface area contributed by atoms with Gasteiger partial charge in [0.15, 0.2) is 0 Å². The van der Waals surface area contributed by atoms with Gasteiger partial charge in [-0.25, -0.2) is 8.78 Å². The Hall–Kier alpha value is -2.59. The number of ether oxygens (including phenoxy) is 1. The number of hydrogen-bond acceptors (Lipinski definition) is 2. The average molecular weight is 360 g/mol. The first-order valence-corrected chi connectivity index (χ1v) is 8.13. The van der Waals surface area contributed by atoms with Gasteiger partial charge >= 0.3 is 0 Å². The molecule has 0 saturated heterocycles. The van der Waals surface area contributed by atoms with Crippen LogP contribution in [0.1, 0.15) is 11.1 Å². The maximum atomic E-state index is 13.2. The second-order valence-corrected chi connectivity index (χ2v) is 5.95. The van der Waals surface area contributed by atoms with E-state index in [2.05, 4.69) is 5.32 Å². The van der Waals surface area contributed by atoms with Gasteiger partial charge in [-0.15, -0.1) is 0 Å². The molecule has 0 aromatic heterocycles. The van der Waals surface area contributed by atoms with Crippen LogP contribution in [-0.4, -0.2) is 0 Å². The lowest BCUT2D eigenvalue weighted by Crippen LogP contribution is -2.00. The first kappa shape index (κ1) is 17.2. The fourth-order valence-corrected chi connectivity index (χ4v) is 2.59. The lowest BCUT2D eigenvalue weighted by atomic mass is 10.2. The first-order chi connectivity index (χ1) is 12.1. The van der Waals surface area contributed by atoms with Gasteiger partial charge in [0.2, 0.25) is 0 Å². The van der Waals surface area contributed by atoms with Crippen molar-refractivity contribution in [2.24, 2.45) is 0 Å². The van der Waals surface area contributed by atoms with Crippen LogP contribution in [-0.2, 0) is 13.2 Å². The summed E-state index contributed by atoms with van der Waals surface area (Å²) in [5.74, 6) is -0.0285. The summed E-state index contributed by atoms with van der Waals surface area (Å²) in [4.78, 5) is 0. The molecule has 2 nitrogen and oxygen atoms in total. The third-order valence-electron chi connectivity index (χ3n) is 3.62. The zero-order chi connectivity index (χ0) is 17.6. The number of anilines is 1. The summed E-state index contributed by atoms with van der Waals surface area (Å²) in [5, 5.41) is 3.67. The minimum Gasteiger partial charge on any atom is -0.487 e. The number of rotatable bonds is 6. The molecule has 0 aliphatic rings. The van der Waals surface area contributed by atoms with Crippen LogP contribution in [0.5, 0.6) is 5.75 Å². The molecule has 0 bridgehead atoms. The Balaban J connectivity index is 1.59. The minimum atomic E-state index is -0.297. The molecule has 3 rings (SSSR count). The zero-order valence-electron chi connectivity index (χ0n) is 13.3. The van der Waals surface area contributed by atoms with Crippen LogP contribution >= 0.6 is 11.6 Å². The molecule has 0 saturated carbocycles. The van der Waals surface area contributed by atoms with Crippen LogP contribution < -0.4 is 10.1 Å². The van der Waals surface area contributed by atoms with E-state index in [1.54, 1.807) is 36.4 Å². The highest BCUT2D eigenvalue weighted by atomic mass is 35.5. The predicted molar refractivity (Wildman–Crippen MR) is 95.9 cm³/mol. The average Bonchev–Trinajstić information content (AvgIpc) is 2.60.